The van der Waals surface area contributed by atoms with Gasteiger partial charge in [-0.3, -0.25) is 0 Å². The molecule has 1 aliphatic heterocycles. The van der Waals surface area contributed by atoms with E-state index in [4.69, 9.17) is 10.5 Å². The summed E-state index contributed by atoms with van der Waals surface area (Å²) in [5.41, 5.74) is 7.31. The van der Waals surface area contributed by atoms with Crippen LogP contribution in [0.4, 0.5) is 0 Å². The molecule has 106 valence electrons. The van der Waals surface area contributed by atoms with E-state index in [1.165, 1.54) is 12.8 Å². The van der Waals surface area contributed by atoms with E-state index in [1.807, 2.05) is 30.3 Å². The van der Waals surface area contributed by atoms with Gasteiger partial charge in [0.1, 0.15) is 10.0 Å². The largest absolute Gasteiger partial charge is 0.378 e. The summed E-state index contributed by atoms with van der Waals surface area (Å²) in [4.78, 5) is 0. The SMILES string of the molecule is NC(c1ccccc1)c1nnc(CC2CCCCO2)s1. The number of nitrogens with zero attached hydrogens (tertiary/aromatic N) is 2. The van der Waals surface area contributed by atoms with Crippen molar-refractivity contribution in [3.8, 4) is 0 Å². The Balaban J connectivity index is 1.67. The molecule has 4 nitrogen and oxygen atoms in total. The van der Waals surface area contributed by atoms with Gasteiger partial charge in [-0.2, -0.15) is 0 Å². The number of aromatic nitrogens is 2. The standard InChI is InChI=1S/C15H19N3OS/c16-14(11-6-2-1-3-7-11)15-18-17-13(20-15)10-12-8-4-5-9-19-12/h1-3,6-7,12,14H,4-5,8-10,16H2. The molecule has 2 unspecified atom stereocenters. The van der Waals surface area contributed by atoms with Gasteiger partial charge in [-0.25, -0.2) is 0 Å². The van der Waals surface area contributed by atoms with Crippen molar-refractivity contribution >= 4 is 11.3 Å². The van der Waals surface area contributed by atoms with Gasteiger partial charge in [-0.05, 0) is 24.8 Å². The zero-order valence-electron chi connectivity index (χ0n) is 11.4. The molecule has 2 N–H and O–H groups in total. The molecule has 0 aliphatic carbocycles. The molecule has 2 heterocycles. The number of benzene rings is 1. The van der Waals surface area contributed by atoms with Crippen molar-refractivity contribution in [2.75, 3.05) is 6.61 Å². The molecule has 2 atom stereocenters. The first-order valence-electron chi connectivity index (χ1n) is 7.07. The maximum atomic E-state index is 6.24. The molecule has 3 rings (SSSR count). The average molecular weight is 289 g/mol. The van der Waals surface area contributed by atoms with Crippen LogP contribution < -0.4 is 5.73 Å². The molecular weight excluding hydrogens is 270 g/mol. The summed E-state index contributed by atoms with van der Waals surface area (Å²) in [5.74, 6) is 0. The topological polar surface area (TPSA) is 61.0 Å². The Morgan fingerprint density at radius 1 is 1.25 bits per heavy atom. The molecule has 0 amide bonds. The van der Waals surface area contributed by atoms with Crippen LogP contribution in [0, 0.1) is 0 Å². The Morgan fingerprint density at radius 3 is 2.85 bits per heavy atom. The van der Waals surface area contributed by atoms with Crippen molar-refractivity contribution in [2.45, 2.75) is 37.8 Å². The lowest BCUT2D eigenvalue weighted by Gasteiger charge is -2.21. The third kappa shape index (κ3) is 3.23. The van der Waals surface area contributed by atoms with Gasteiger partial charge >= 0.3 is 0 Å². The molecule has 20 heavy (non-hydrogen) atoms. The minimum atomic E-state index is -0.185. The predicted octanol–water partition coefficient (Wildman–Crippen LogP) is 2.70. The molecule has 1 aromatic carbocycles. The van der Waals surface area contributed by atoms with E-state index < -0.39 is 0 Å². The summed E-state index contributed by atoms with van der Waals surface area (Å²) in [6.07, 6.45) is 4.72. The van der Waals surface area contributed by atoms with Crippen LogP contribution >= 0.6 is 11.3 Å². The van der Waals surface area contributed by atoms with Gasteiger partial charge in [0.15, 0.2) is 0 Å². The Morgan fingerprint density at radius 2 is 2.10 bits per heavy atom. The van der Waals surface area contributed by atoms with Crippen LogP contribution in [0.3, 0.4) is 0 Å². The fourth-order valence-electron chi connectivity index (χ4n) is 2.44. The molecular formula is C15H19N3OS. The van der Waals surface area contributed by atoms with Gasteiger partial charge in [-0.15, -0.1) is 10.2 Å². The van der Waals surface area contributed by atoms with E-state index in [9.17, 15) is 0 Å². The van der Waals surface area contributed by atoms with Crippen molar-refractivity contribution in [2.24, 2.45) is 5.73 Å². The number of ether oxygens (including phenoxy) is 1. The second kappa shape index (κ2) is 6.43. The maximum Gasteiger partial charge on any atom is 0.138 e. The second-order valence-electron chi connectivity index (χ2n) is 5.12. The normalized spacial score (nSPS) is 20.8. The van der Waals surface area contributed by atoms with Crippen molar-refractivity contribution in [1.82, 2.24) is 10.2 Å². The lowest BCUT2D eigenvalue weighted by Crippen LogP contribution is -2.21. The summed E-state index contributed by atoms with van der Waals surface area (Å²) in [5, 5.41) is 10.4. The Labute approximate surface area is 123 Å². The van der Waals surface area contributed by atoms with Crippen molar-refractivity contribution in [3.63, 3.8) is 0 Å². The summed E-state index contributed by atoms with van der Waals surface area (Å²) in [6.45, 7) is 0.875. The first-order valence-corrected chi connectivity index (χ1v) is 7.89. The molecule has 5 heteroatoms. The Hall–Kier alpha value is -1.30. The van der Waals surface area contributed by atoms with Gasteiger partial charge in [0.25, 0.3) is 0 Å². The molecule has 1 saturated heterocycles. The molecule has 0 bridgehead atoms. The van der Waals surface area contributed by atoms with Crippen molar-refractivity contribution < 1.29 is 4.74 Å². The molecule has 2 aromatic rings. The highest BCUT2D eigenvalue weighted by Crippen LogP contribution is 2.25. The lowest BCUT2D eigenvalue weighted by molar-refractivity contribution is 0.0167. The van der Waals surface area contributed by atoms with E-state index in [2.05, 4.69) is 10.2 Å². The summed E-state index contributed by atoms with van der Waals surface area (Å²) in [6, 6.07) is 9.84. The van der Waals surface area contributed by atoms with Gasteiger partial charge < -0.3 is 10.5 Å². The molecule has 1 aromatic heterocycles. The number of rotatable bonds is 4. The summed E-state index contributed by atoms with van der Waals surface area (Å²) in [7, 11) is 0. The molecule has 0 saturated carbocycles. The predicted molar refractivity (Wildman–Crippen MR) is 79.7 cm³/mol. The molecule has 0 spiro atoms. The second-order valence-corrected chi connectivity index (χ2v) is 6.21. The lowest BCUT2D eigenvalue weighted by atomic mass is 10.1. The molecule has 1 fully saturated rings. The van der Waals surface area contributed by atoms with Crippen LogP contribution in [0.15, 0.2) is 30.3 Å². The van der Waals surface area contributed by atoms with Crippen LogP contribution in [-0.2, 0) is 11.2 Å². The fraction of sp³-hybridized carbons (Fsp3) is 0.467. The van der Waals surface area contributed by atoms with E-state index in [0.717, 1.165) is 35.0 Å². The van der Waals surface area contributed by atoms with Gasteiger partial charge in [0, 0.05) is 13.0 Å². The fourth-order valence-corrected chi connectivity index (χ4v) is 3.38. The monoisotopic (exact) mass is 289 g/mol. The van der Waals surface area contributed by atoms with E-state index in [0.29, 0.717) is 6.10 Å². The number of hydrogen-bond acceptors (Lipinski definition) is 5. The van der Waals surface area contributed by atoms with E-state index in [-0.39, 0.29) is 6.04 Å². The van der Waals surface area contributed by atoms with Crippen molar-refractivity contribution in [3.05, 3.63) is 45.9 Å². The molecule has 1 aliphatic rings. The highest BCUT2D eigenvalue weighted by molar-refractivity contribution is 7.11. The van der Waals surface area contributed by atoms with Gasteiger partial charge in [0.2, 0.25) is 0 Å². The quantitative estimate of drug-likeness (QED) is 0.940. The minimum absolute atomic E-state index is 0.185. The summed E-state index contributed by atoms with van der Waals surface area (Å²) < 4.78 is 5.74. The smallest absolute Gasteiger partial charge is 0.138 e. The average Bonchev–Trinajstić information content (AvgIpc) is 2.97. The van der Waals surface area contributed by atoms with Crippen LogP contribution in [0.5, 0.6) is 0 Å². The first-order chi connectivity index (χ1) is 9.83. The van der Waals surface area contributed by atoms with Crippen LogP contribution in [0.1, 0.15) is 40.9 Å². The Bertz CT molecular complexity index is 537. The minimum Gasteiger partial charge on any atom is -0.378 e. The zero-order valence-corrected chi connectivity index (χ0v) is 12.2. The maximum absolute atomic E-state index is 6.24. The van der Waals surface area contributed by atoms with Crippen LogP contribution in [0.2, 0.25) is 0 Å². The van der Waals surface area contributed by atoms with Crippen LogP contribution in [0.25, 0.3) is 0 Å². The Kier molecular flexibility index (Phi) is 4.40. The highest BCUT2D eigenvalue weighted by Gasteiger charge is 2.19. The third-order valence-electron chi connectivity index (χ3n) is 3.58. The van der Waals surface area contributed by atoms with Crippen LogP contribution in [-0.4, -0.2) is 22.9 Å². The third-order valence-corrected chi connectivity index (χ3v) is 4.61. The number of nitrogens with two attached hydrogens (primary N) is 1. The van der Waals surface area contributed by atoms with Gasteiger partial charge in [0.05, 0.1) is 12.1 Å². The van der Waals surface area contributed by atoms with Crippen molar-refractivity contribution in [1.29, 1.82) is 0 Å². The summed E-state index contributed by atoms with van der Waals surface area (Å²) >= 11 is 1.60. The van der Waals surface area contributed by atoms with E-state index >= 15 is 0 Å². The van der Waals surface area contributed by atoms with E-state index in [1.54, 1.807) is 11.3 Å². The first kappa shape index (κ1) is 13.7. The number of hydrogen-bond donors (Lipinski definition) is 1. The highest BCUT2D eigenvalue weighted by atomic mass is 32.1. The zero-order chi connectivity index (χ0) is 13.8. The van der Waals surface area contributed by atoms with Gasteiger partial charge in [-0.1, -0.05) is 41.7 Å². The molecule has 0 radical (unpaired) electrons.